The molecule has 0 bridgehead atoms. The number of benzene rings is 1. The molecule has 1 aliphatic rings. The lowest BCUT2D eigenvalue weighted by Gasteiger charge is -2.37. The number of rotatable bonds is 13. The minimum Gasteiger partial charge on any atom is -0.406 e. The van der Waals surface area contributed by atoms with Gasteiger partial charge in [0, 0.05) is 25.1 Å². The molecule has 1 aromatic heterocycles. The van der Waals surface area contributed by atoms with Crippen LogP contribution >= 0.6 is 0 Å². The first-order chi connectivity index (χ1) is 19.1. The molecular weight excluding hydrogens is 571 g/mol. The summed E-state index contributed by atoms with van der Waals surface area (Å²) in [4.78, 5) is 25.3. The molecule has 1 saturated heterocycles. The molecule has 2 heterocycles. The number of amides is 2. The summed E-state index contributed by atoms with van der Waals surface area (Å²) in [7, 11) is 0. The van der Waals surface area contributed by atoms with Gasteiger partial charge in [0.05, 0.1) is 38.6 Å². The Kier molecular flexibility index (Phi) is 9.97. The van der Waals surface area contributed by atoms with E-state index >= 15 is 0 Å². The van der Waals surface area contributed by atoms with E-state index < -0.39 is 61.5 Å². The summed E-state index contributed by atoms with van der Waals surface area (Å²) in [5.74, 6) is -0.353. The number of alkyl halides is 6. The van der Waals surface area contributed by atoms with Gasteiger partial charge < -0.3 is 26.1 Å². The molecule has 6 N–H and O–H groups in total. The van der Waals surface area contributed by atoms with Crippen LogP contribution in [-0.4, -0.2) is 81.4 Å². The molecule has 41 heavy (non-hydrogen) atoms. The smallest absolute Gasteiger partial charge is 0.406 e. The maximum atomic E-state index is 14.4. The molecule has 1 unspecified atom stereocenters. The zero-order valence-corrected chi connectivity index (χ0v) is 21.2. The lowest BCUT2D eigenvalue weighted by Crippen LogP contribution is -2.58. The van der Waals surface area contributed by atoms with Crippen molar-refractivity contribution in [1.29, 1.82) is 0 Å². The highest BCUT2D eigenvalue weighted by molar-refractivity contribution is 5.91. The van der Waals surface area contributed by atoms with Gasteiger partial charge in [0.1, 0.15) is 23.6 Å². The summed E-state index contributed by atoms with van der Waals surface area (Å²) in [6, 6.07) is 2.33. The number of carbonyl (C=O) groups is 2. The predicted octanol–water partition coefficient (Wildman–Crippen LogP) is 0.974. The molecule has 2 amide bonds. The van der Waals surface area contributed by atoms with Crippen LogP contribution < -0.4 is 26.9 Å². The summed E-state index contributed by atoms with van der Waals surface area (Å²) < 4.78 is 95.9. The number of hydrogen-bond donors (Lipinski definition) is 4. The Morgan fingerprint density at radius 3 is 2.63 bits per heavy atom. The molecule has 19 heteroatoms. The van der Waals surface area contributed by atoms with Crippen LogP contribution in [0.25, 0.3) is 0 Å². The Labute approximate surface area is 228 Å². The van der Waals surface area contributed by atoms with Crippen LogP contribution in [0.1, 0.15) is 22.5 Å². The molecule has 1 aliphatic heterocycles. The van der Waals surface area contributed by atoms with E-state index in [4.69, 9.17) is 11.6 Å². The van der Waals surface area contributed by atoms with Gasteiger partial charge >= 0.3 is 6.36 Å². The van der Waals surface area contributed by atoms with Crippen molar-refractivity contribution in [3.05, 3.63) is 53.5 Å². The summed E-state index contributed by atoms with van der Waals surface area (Å²) >= 11 is 0. The van der Waals surface area contributed by atoms with Crippen molar-refractivity contribution in [2.24, 2.45) is 11.6 Å². The topological polar surface area (TPSA) is 157 Å². The normalized spacial score (nSPS) is 16.0. The Bertz CT molecular complexity index is 1250. The monoisotopic (exact) mass is 597 g/mol. The molecule has 0 radical (unpaired) electrons. The average Bonchev–Trinajstić information content (AvgIpc) is 3.29. The van der Waals surface area contributed by atoms with E-state index in [0.717, 1.165) is 34.1 Å². The van der Waals surface area contributed by atoms with E-state index in [-0.39, 0.29) is 43.1 Å². The van der Waals surface area contributed by atoms with Gasteiger partial charge in [-0.05, 0) is 18.2 Å². The molecule has 0 spiro atoms. The number of halogens is 7. The van der Waals surface area contributed by atoms with Crippen molar-refractivity contribution in [1.82, 2.24) is 35.5 Å². The van der Waals surface area contributed by atoms with Crippen molar-refractivity contribution >= 4 is 11.8 Å². The molecule has 0 saturated carbocycles. The maximum absolute atomic E-state index is 14.4. The van der Waals surface area contributed by atoms with Crippen molar-refractivity contribution in [3.8, 4) is 5.75 Å². The summed E-state index contributed by atoms with van der Waals surface area (Å²) in [6.07, 6.45) is -4.37. The van der Waals surface area contributed by atoms with Gasteiger partial charge in [0.25, 0.3) is 11.8 Å². The van der Waals surface area contributed by atoms with Crippen LogP contribution in [0, 0.1) is 5.82 Å². The second-order valence-electron chi connectivity index (χ2n) is 9.07. The Balaban J connectivity index is 1.40. The molecular formula is C22H26F7N9O3. The number of carbonyl (C=O) groups excluding carboxylic acids is 2. The lowest BCUT2D eigenvalue weighted by molar-refractivity contribution is -0.274. The third kappa shape index (κ3) is 10.4. The fourth-order valence-electron chi connectivity index (χ4n) is 3.64. The van der Waals surface area contributed by atoms with Crippen LogP contribution in [0.5, 0.6) is 5.75 Å². The van der Waals surface area contributed by atoms with Crippen LogP contribution in [-0.2, 0) is 17.9 Å². The van der Waals surface area contributed by atoms with Gasteiger partial charge in [0.15, 0.2) is 5.69 Å². The molecule has 0 aliphatic carbocycles. The number of ether oxygens (including phenoxy) is 1. The number of hydrogen-bond acceptors (Lipinski definition) is 9. The number of nitrogens with one attached hydrogen (secondary N) is 2. The summed E-state index contributed by atoms with van der Waals surface area (Å²) in [5, 5.41) is 12.7. The number of nitrogens with two attached hydrogens (primary N) is 2. The van der Waals surface area contributed by atoms with Crippen LogP contribution in [0.3, 0.4) is 0 Å². The minimum atomic E-state index is -4.97. The van der Waals surface area contributed by atoms with Crippen molar-refractivity contribution in [3.63, 3.8) is 0 Å². The van der Waals surface area contributed by atoms with Gasteiger partial charge in [-0.15, -0.1) is 18.3 Å². The Hall–Kier alpha value is -4.13. The lowest BCUT2D eigenvalue weighted by atomic mass is 10.1. The highest BCUT2D eigenvalue weighted by atomic mass is 19.4. The molecule has 1 atom stereocenters. The molecule has 3 rings (SSSR count). The van der Waals surface area contributed by atoms with E-state index in [9.17, 15) is 40.3 Å². The number of aromatic nitrogens is 3. The van der Waals surface area contributed by atoms with Gasteiger partial charge in [-0.1, -0.05) is 5.21 Å². The largest absolute Gasteiger partial charge is 0.573 e. The van der Waals surface area contributed by atoms with E-state index in [1.165, 1.54) is 11.1 Å². The Morgan fingerprint density at radius 1 is 1.27 bits per heavy atom. The fourth-order valence-corrected chi connectivity index (χ4v) is 3.64. The van der Waals surface area contributed by atoms with E-state index in [0.29, 0.717) is 0 Å². The number of hydrazine groups is 1. The third-order valence-corrected chi connectivity index (χ3v) is 5.41. The second kappa shape index (κ2) is 13.0. The van der Waals surface area contributed by atoms with Gasteiger partial charge in [-0.3, -0.25) is 19.2 Å². The van der Waals surface area contributed by atoms with E-state index in [1.54, 1.807) is 0 Å². The van der Waals surface area contributed by atoms with Crippen molar-refractivity contribution in [2.75, 3.05) is 26.2 Å². The number of nitrogens with zero attached hydrogens (tertiary/aromatic N) is 5. The first kappa shape index (κ1) is 31.4. The van der Waals surface area contributed by atoms with Gasteiger partial charge in [-0.2, -0.15) is 0 Å². The molecule has 12 nitrogen and oxygen atoms in total. The molecule has 226 valence electrons. The first-order valence-corrected chi connectivity index (χ1v) is 11.8. The second-order valence-corrected chi connectivity index (χ2v) is 9.07. The third-order valence-electron chi connectivity index (χ3n) is 5.41. The highest BCUT2D eigenvalue weighted by Crippen LogP contribution is 2.26. The quantitative estimate of drug-likeness (QED) is 0.150. The molecule has 1 fully saturated rings. The molecule has 1 aromatic carbocycles. The molecule has 2 aromatic rings. The van der Waals surface area contributed by atoms with Crippen LogP contribution in [0.2, 0.25) is 0 Å². The average molecular weight is 597 g/mol. The standard InChI is InChI=1S/C22H26F7N9O3/c23-14(7-37(31)9-18(30)33-19(39)10-36-11-21(25,26)12-36)3-4-38-8-17(34-35-38)20(40)32-6-13-5-15(1-2-16(13)24)41-22(27,28)29/h1-2,5,8-9,14H,3-4,6-7,10-12,30-31H2,(H,32,40)(H,33,39)/b18-9+. The number of likely N-dealkylation sites (tertiary alicyclic amines) is 1. The van der Waals surface area contributed by atoms with E-state index in [2.05, 4.69) is 25.7 Å². The van der Waals surface area contributed by atoms with Gasteiger partial charge in [0.2, 0.25) is 5.91 Å². The van der Waals surface area contributed by atoms with E-state index in [1.807, 2.05) is 0 Å². The predicted molar refractivity (Wildman–Crippen MR) is 126 cm³/mol. The maximum Gasteiger partial charge on any atom is 0.573 e. The van der Waals surface area contributed by atoms with Crippen molar-refractivity contribution in [2.45, 2.75) is 38.0 Å². The summed E-state index contributed by atoms with van der Waals surface area (Å²) in [5.41, 5.74) is 5.14. The first-order valence-electron chi connectivity index (χ1n) is 11.8. The Morgan fingerprint density at radius 2 is 1.98 bits per heavy atom. The summed E-state index contributed by atoms with van der Waals surface area (Å²) in [6.45, 7) is -2.22. The zero-order chi connectivity index (χ0) is 30.4. The zero-order valence-electron chi connectivity index (χ0n) is 21.2. The van der Waals surface area contributed by atoms with Crippen LogP contribution in [0.4, 0.5) is 30.7 Å². The fraction of sp³-hybridized carbons (Fsp3) is 0.455. The minimum absolute atomic E-state index is 0.0306. The van der Waals surface area contributed by atoms with Gasteiger partial charge in [-0.25, -0.2) is 23.4 Å². The van der Waals surface area contributed by atoms with Crippen LogP contribution in [0.15, 0.2) is 36.4 Å². The van der Waals surface area contributed by atoms with Crippen molar-refractivity contribution < 1.29 is 45.1 Å². The number of aryl methyl sites for hydroxylation is 1. The SMILES string of the molecule is N/C(=C\N(N)CC(F)CCn1cc(C(=O)NCc2cc(OC(F)(F)F)ccc2F)nn1)NC(=O)CN1CC(F)(F)C1. The highest BCUT2D eigenvalue weighted by Gasteiger charge is 2.44.